The van der Waals surface area contributed by atoms with E-state index in [1.807, 2.05) is 51.1 Å². The second-order valence-corrected chi connectivity index (χ2v) is 5.47. The van der Waals surface area contributed by atoms with E-state index < -0.39 is 0 Å². The van der Waals surface area contributed by atoms with Crippen LogP contribution in [0, 0.1) is 0 Å². The number of aromatic nitrogens is 1. The normalized spacial score (nSPS) is 10.7. The highest BCUT2D eigenvalue weighted by Crippen LogP contribution is 2.25. The molecule has 0 aliphatic rings. The molecule has 124 valence electrons. The topological polar surface area (TPSA) is 67.6 Å². The summed E-state index contributed by atoms with van der Waals surface area (Å²) in [5.41, 5.74) is 1.60. The van der Waals surface area contributed by atoms with Crippen LogP contribution in [-0.2, 0) is 6.54 Å². The van der Waals surface area contributed by atoms with E-state index in [0.29, 0.717) is 24.5 Å². The monoisotopic (exact) mass is 317 g/mol. The summed E-state index contributed by atoms with van der Waals surface area (Å²) >= 11 is 0. The van der Waals surface area contributed by atoms with Crippen LogP contribution in [0.4, 0.5) is 4.79 Å². The zero-order chi connectivity index (χ0) is 16.8. The van der Waals surface area contributed by atoms with Gasteiger partial charge in [0, 0.05) is 24.2 Å². The molecule has 0 aliphatic carbocycles. The molecule has 0 saturated carbocycles. The molecule has 0 unspecified atom stereocenters. The van der Waals surface area contributed by atoms with Crippen molar-refractivity contribution in [2.45, 2.75) is 33.4 Å². The van der Waals surface area contributed by atoms with Crippen molar-refractivity contribution in [2.75, 3.05) is 13.7 Å². The van der Waals surface area contributed by atoms with Gasteiger partial charge >= 0.3 is 6.03 Å². The predicted molar refractivity (Wildman–Crippen MR) is 88.2 cm³/mol. The van der Waals surface area contributed by atoms with Gasteiger partial charge in [-0.15, -0.1) is 0 Å². The van der Waals surface area contributed by atoms with Crippen molar-refractivity contribution in [1.82, 2.24) is 15.4 Å². The fourth-order valence-electron chi connectivity index (χ4n) is 2.21. The first-order chi connectivity index (χ1) is 11.0. The standard InChI is InChI=1S/C17H23N3O3/c1-5-18-17(21)20(12(2)3)11-14-10-16(23-19-14)13-7-6-8-15(9-13)22-4/h6-10,12H,5,11H2,1-4H3,(H,18,21). The van der Waals surface area contributed by atoms with Gasteiger partial charge in [0.15, 0.2) is 5.76 Å². The van der Waals surface area contributed by atoms with Crippen LogP contribution >= 0.6 is 0 Å². The second-order valence-electron chi connectivity index (χ2n) is 5.47. The van der Waals surface area contributed by atoms with E-state index in [9.17, 15) is 4.79 Å². The van der Waals surface area contributed by atoms with Crippen LogP contribution in [0.2, 0.25) is 0 Å². The summed E-state index contributed by atoms with van der Waals surface area (Å²) in [4.78, 5) is 13.8. The molecule has 2 rings (SSSR count). The molecule has 1 N–H and O–H groups in total. The highest BCUT2D eigenvalue weighted by molar-refractivity contribution is 5.74. The molecule has 2 aromatic rings. The summed E-state index contributed by atoms with van der Waals surface area (Å²) in [6, 6.07) is 9.39. The third-order valence-corrected chi connectivity index (χ3v) is 3.46. The van der Waals surface area contributed by atoms with Crippen LogP contribution in [0.15, 0.2) is 34.9 Å². The molecule has 1 aromatic carbocycles. The molecule has 6 heteroatoms. The summed E-state index contributed by atoms with van der Waals surface area (Å²) in [5, 5.41) is 6.89. The number of rotatable bonds is 6. The molecule has 0 spiro atoms. The van der Waals surface area contributed by atoms with Crippen LogP contribution in [0.5, 0.6) is 5.75 Å². The fraction of sp³-hybridized carbons (Fsp3) is 0.412. The maximum Gasteiger partial charge on any atom is 0.317 e. The van der Waals surface area contributed by atoms with E-state index in [4.69, 9.17) is 9.26 Å². The first kappa shape index (κ1) is 16.9. The van der Waals surface area contributed by atoms with Gasteiger partial charge in [0.2, 0.25) is 0 Å². The Morgan fingerprint density at radius 3 is 2.83 bits per heavy atom. The molecule has 1 aromatic heterocycles. The van der Waals surface area contributed by atoms with Gasteiger partial charge in [-0.05, 0) is 32.9 Å². The van der Waals surface area contributed by atoms with E-state index in [1.165, 1.54) is 0 Å². The molecule has 0 atom stereocenters. The molecule has 23 heavy (non-hydrogen) atoms. The van der Waals surface area contributed by atoms with Gasteiger partial charge in [-0.25, -0.2) is 4.79 Å². The Hall–Kier alpha value is -2.50. The smallest absolute Gasteiger partial charge is 0.317 e. The van der Waals surface area contributed by atoms with Crippen LogP contribution in [0.1, 0.15) is 26.5 Å². The van der Waals surface area contributed by atoms with Gasteiger partial charge < -0.3 is 19.5 Å². The average molecular weight is 317 g/mol. The van der Waals surface area contributed by atoms with Crippen molar-refractivity contribution in [2.24, 2.45) is 0 Å². The zero-order valence-corrected chi connectivity index (χ0v) is 14.0. The third-order valence-electron chi connectivity index (χ3n) is 3.46. The van der Waals surface area contributed by atoms with E-state index in [1.54, 1.807) is 12.0 Å². The number of urea groups is 1. The second kappa shape index (κ2) is 7.67. The summed E-state index contributed by atoms with van der Waals surface area (Å²) in [7, 11) is 1.62. The van der Waals surface area contributed by atoms with Gasteiger partial charge in [-0.1, -0.05) is 17.3 Å². The molecule has 0 radical (unpaired) electrons. The molecule has 1 heterocycles. The molecule has 0 saturated heterocycles. The maximum atomic E-state index is 12.1. The summed E-state index contributed by atoms with van der Waals surface area (Å²) in [6.07, 6.45) is 0. The third kappa shape index (κ3) is 4.25. The number of hydrogen-bond acceptors (Lipinski definition) is 4. The Kier molecular flexibility index (Phi) is 5.62. The van der Waals surface area contributed by atoms with E-state index in [2.05, 4.69) is 10.5 Å². The Bertz CT molecular complexity index is 652. The van der Waals surface area contributed by atoms with Crippen molar-refractivity contribution < 1.29 is 14.1 Å². The first-order valence-corrected chi connectivity index (χ1v) is 7.69. The summed E-state index contributed by atoms with van der Waals surface area (Å²) in [6.45, 7) is 6.83. The Balaban J connectivity index is 2.16. The summed E-state index contributed by atoms with van der Waals surface area (Å²) < 4.78 is 10.6. The number of nitrogens with zero attached hydrogens (tertiary/aromatic N) is 2. The molecule has 6 nitrogen and oxygen atoms in total. The molecular formula is C17H23N3O3. The molecular weight excluding hydrogens is 294 g/mol. The number of ether oxygens (including phenoxy) is 1. The van der Waals surface area contributed by atoms with E-state index >= 15 is 0 Å². The Morgan fingerprint density at radius 1 is 1.39 bits per heavy atom. The van der Waals surface area contributed by atoms with Crippen LogP contribution < -0.4 is 10.1 Å². The van der Waals surface area contributed by atoms with Crippen molar-refractivity contribution in [1.29, 1.82) is 0 Å². The minimum Gasteiger partial charge on any atom is -0.497 e. The predicted octanol–water partition coefficient (Wildman–Crippen LogP) is 3.29. The van der Waals surface area contributed by atoms with Gasteiger partial charge in [0.1, 0.15) is 11.4 Å². The largest absolute Gasteiger partial charge is 0.497 e. The Morgan fingerprint density at radius 2 is 2.17 bits per heavy atom. The number of hydrogen-bond donors (Lipinski definition) is 1. The number of nitrogens with one attached hydrogen (secondary N) is 1. The van der Waals surface area contributed by atoms with Crippen molar-refractivity contribution in [3.05, 3.63) is 36.0 Å². The minimum atomic E-state index is -0.103. The highest BCUT2D eigenvalue weighted by Gasteiger charge is 2.19. The number of carbonyl (C=O) groups excluding carboxylic acids is 1. The first-order valence-electron chi connectivity index (χ1n) is 7.69. The van der Waals surface area contributed by atoms with Crippen molar-refractivity contribution in [3.63, 3.8) is 0 Å². The lowest BCUT2D eigenvalue weighted by atomic mass is 10.1. The quantitative estimate of drug-likeness (QED) is 0.887. The van der Waals surface area contributed by atoms with Crippen LogP contribution in [0.3, 0.4) is 0 Å². The van der Waals surface area contributed by atoms with Crippen LogP contribution in [-0.4, -0.2) is 35.8 Å². The summed E-state index contributed by atoms with van der Waals surface area (Å²) in [5.74, 6) is 1.41. The van der Waals surface area contributed by atoms with E-state index in [0.717, 1.165) is 11.3 Å². The number of carbonyl (C=O) groups is 1. The van der Waals surface area contributed by atoms with E-state index in [-0.39, 0.29) is 12.1 Å². The zero-order valence-electron chi connectivity index (χ0n) is 14.0. The van der Waals surface area contributed by atoms with Crippen LogP contribution in [0.25, 0.3) is 11.3 Å². The molecule has 0 fully saturated rings. The molecule has 0 bridgehead atoms. The average Bonchev–Trinajstić information content (AvgIpc) is 3.01. The maximum absolute atomic E-state index is 12.1. The van der Waals surface area contributed by atoms with Gasteiger partial charge in [-0.2, -0.15) is 0 Å². The van der Waals surface area contributed by atoms with Gasteiger partial charge in [-0.3, -0.25) is 0 Å². The number of benzene rings is 1. The van der Waals surface area contributed by atoms with Gasteiger partial charge in [0.05, 0.1) is 13.7 Å². The molecule has 2 amide bonds. The lowest BCUT2D eigenvalue weighted by molar-refractivity contribution is 0.178. The van der Waals surface area contributed by atoms with Gasteiger partial charge in [0.25, 0.3) is 0 Å². The number of amides is 2. The lowest BCUT2D eigenvalue weighted by Gasteiger charge is -2.25. The molecule has 0 aliphatic heterocycles. The lowest BCUT2D eigenvalue weighted by Crippen LogP contribution is -2.43. The Labute approximate surface area is 136 Å². The SMILES string of the molecule is CCNC(=O)N(Cc1cc(-c2cccc(OC)c2)on1)C(C)C. The highest BCUT2D eigenvalue weighted by atomic mass is 16.5. The minimum absolute atomic E-state index is 0.0681. The number of methoxy groups -OCH3 is 1. The van der Waals surface area contributed by atoms with Crippen molar-refractivity contribution in [3.8, 4) is 17.1 Å². The van der Waals surface area contributed by atoms with Crippen molar-refractivity contribution >= 4 is 6.03 Å². The fourth-order valence-corrected chi connectivity index (χ4v) is 2.21.